The molecule has 0 amide bonds. The Labute approximate surface area is 124 Å². The van der Waals surface area contributed by atoms with Crippen molar-refractivity contribution < 1.29 is 12.9 Å². The molecule has 0 bridgehead atoms. The van der Waals surface area contributed by atoms with Gasteiger partial charge in [0.25, 0.3) is 0 Å². The molecule has 0 saturated carbocycles. The monoisotopic (exact) mass is 312 g/mol. The maximum absolute atomic E-state index is 12.3. The summed E-state index contributed by atoms with van der Waals surface area (Å²) in [6.45, 7) is 3.55. The molecule has 116 valence electrons. The first kappa shape index (κ1) is 15.7. The van der Waals surface area contributed by atoms with E-state index in [1.165, 1.54) is 6.20 Å². The predicted molar refractivity (Wildman–Crippen MR) is 78.0 cm³/mol. The quantitative estimate of drug-likeness (QED) is 0.761. The third-order valence-electron chi connectivity index (χ3n) is 3.02. The van der Waals surface area contributed by atoms with Crippen LogP contribution in [0.5, 0.6) is 0 Å². The second-order valence-electron chi connectivity index (χ2n) is 4.69. The van der Waals surface area contributed by atoms with Gasteiger partial charge in [-0.05, 0) is 19.5 Å². The van der Waals surface area contributed by atoms with E-state index in [-0.39, 0.29) is 11.4 Å². The van der Waals surface area contributed by atoms with Crippen molar-refractivity contribution in [3.05, 3.63) is 36.0 Å². The van der Waals surface area contributed by atoms with Gasteiger partial charge in [-0.25, -0.2) is 13.1 Å². The van der Waals surface area contributed by atoms with Crippen LogP contribution in [0.4, 0.5) is 0 Å². The number of sulfonamides is 1. The third-order valence-corrected chi connectivity index (χ3v) is 4.39. The molecule has 0 fully saturated rings. The van der Waals surface area contributed by atoms with Crippen molar-refractivity contribution in [3.8, 4) is 0 Å². The van der Waals surface area contributed by atoms with Gasteiger partial charge in [0, 0.05) is 31.0 Å². The third kappa shape index (κ3) is 3.93. The fraction of sp³-hybridized carbons (Fsp3) is 0.462. The Hall–Kier alpha value is -1.64. The molecule has 0 saturated heterocycles. The van der Waals surface area contributed by atoms with Crippen LogP contribution >= 0.6 is 0 Å². The second kappa shape index (κ2) is 6.88. The highest BCUT2D eigenvalue weighted by Gasteiger charge is 2.18. The van der Waals surface area contributed by atoms with E-state index in [0.29, 0.717) is 12.3 Å². The van der Waals surface area contributed by atoms with E-state index in [2.05, 4.69) is 22.1 Å². The zero-order valence-corrected chi connectivity index (χ0v) is 13.0. The van der Waals surface area contributed by atoms with E-state index < -0.39 is 10.0 Å². The standard InChI is InChI=1S/C13H20N4O3S/c1-3-6-17-10-13(7-11(17)8-14-2)21(18,19)16-9-12-4-5-15-20-12/h4-5,7,10,14,16H,3,6,8-9H2,1-2H3. The molecular weight excluding hydrogens is 292 g/mol. The lowest BCUT2D eigenvalue weighted by molar-refractivity contribution is 0.380. The average molecular weight is 312 g/mol. The molecule has 0 aliphatic rings. The van der Waals surface area contributed by atoms with Crippen LogP contribution in [0, 0.1) is 0 Å². The maximum atomic E-state index is 12.3. The second-order valence-corrected chi connectivity index (χ2v) is 6.46. The molecule has 0 aliphatic heterocycles. The van der Waals surface area contributed by atoms with Crippen molar-refractivity contribution in [2.45, 2.75) is 37.9 Å². The lowest BCUT2D eigenvalue weighted by atomic mass is 10.4. The largest absolute Gasteiger partial charge is 0.360 e. The van der Waals surface area contributed by atoms with Gasteiger partial charge >= 0.3 is 0 Å². The molecule has 2 aromatic heterocycles. The first-order valence-electron chi connectivity index (χ1n) is 6.79. The van der Waals surface area contributed by atoms with E-state index in [1.807, 2.05) is 11.6 Å². The molecule has 0 aliphatic carbocycles. The van der Waals surface area contributed by atoms with E-state index in [4.69, 9.17) is 4.52 Å². The van der Waals surface area contributed by atoms with Crippen LogP contribution in [0.2, 0.25) is 0 Å². The predicted octanol–water partition coefficient (Wildman–Crippen LogP) is 1.08. The fourth-order valence-electron chi connectivity index (χ4n) is 2.03. The summed E-state index contributed by atoms with van der Waals surface area (Å²) in [6, 6.07) is 3.31. The van der Waals surface area contributed by atoms with Crippen molar-refractivity contribution in [2.24, 2.45) is 0 Å². The van der Waals surface area contributed by atoms with Crippen molar-refractivity contribution in [3.63, 3.8) is 0 Å². The fourth-order valence-corrected chi connectivity index (χ4v) is 3.09. The van der Waals surface area contributed by atoms with E-state index >= 15 is 0 Å². The van der Waals surface area contributed by atoms with Gasteiger partial charge in [-0.3, -0.25) is 0 Å². The van der Waals surface area contributed by atoms with Gasteiger partial charge < -0.3 is 14.4 Å². The molecular formula is C13H20N4O3S. The van der Waals surface area contributed by atoms with Crippen LogP contribution in [-0.4, -0.2) is 25.2 Å². The highest BCUT2D eigenvalue weighted by Crippen LogP contribution is 2.15. The average Bonchev–Trinajstić information content (AvgIpc) is 3.08. The van der Waals surface area contributed by atoms with Crippen molar-refractivity contribution in [2.75, 3.05) is 7.05 Å². The van der Waals surface area contributed by atoms with Gasteiger partial charge in [0.05, 0.1) is 17.6 Å². The van der Waals surface area contributed by atoms with Crippen LogP contribution in [0.15, 0.2) is 33.9 Å². The molecule has 0 atom stereocenters. The Bertz CT molecular complexity index is 638. The minimum absolute atomic E-state index is 0.0860. The number of hydrogen-bond donors (Lipinski definition) is 2. The van der Waals surface area contributed by atoms with Crippen LogP contribution in [0.3, 0.4) is 0 Å². The van der Waals surface area contributed by atoms with Crippen LogP contribution < -0.4 is 10.0 Å². The summed E-state index contributed by atoms with van der Waals surface area (Å²) in [5.41, 5.74) is 0.944. The van der Waals surface area contributed by atoms with Gasteiger partial charge in [-0.1, -0.05) is 12.1 Å². The molecule has 0 unspecified atom stereocenters. The lowest BCUT2D eigenvalue weighted by Gasteiger charge is -2.06. The summed E-state index contributed by atoms with van der Waals surface area (Å²) in [5, 5.41) is 6.58. The SMILES string of the molecule is CCCn1cc(S(=O)(=O)NCc2ccno2)cc1CNC. The zero-order chi connectivity index (χ0) is 15.3. The summed E-state index contributed by atoms with van der Waals surface area (Å²) < 4.78 is 33.9. The molecule has 7 nitrogen and oxygen atoms in total. The molecule has 21 heavy (non-hydrogen) atoms. The highest BCUT2D eigenvalue weighted by atomic mass is 32.2. The first-order valence-corrected chi connectivity index (χ1v) is 8.28. The number of aryl methyl sites for hydroxylation is 1. The van der Waals surface area contributed by atoms with Crippen LogP contribution in [-0.2, 0) is 29.7 Å². The van der Waals surface area contributed by atoms with Crippen molar-refractivity contribution in [1.82, 2.24) is 19.8 Å². The Balaban J connectivity index is 2.16. The number of rotatable bonds is 8. The molecule has 2 N–H and O–H groups in total. The molecule has 0 aromatic carbocycles. The van der Waals surface area contributed by atoms with E-state index in [1.54, 1.807) is 18.3 Å². The maximum Gasteiger partial charge on any atom is 0.242 e. The molecule has 8 heteroatoms. The van der Waals surface area contributed by atoms with Gasteiger partial charge in [-0.15, -0.1) is 0 Å². The molecule has 0 radical (unpaired) electrons. The minimum atomic E-state index is -3.56. The Kier molecular flexibility index (Phi) is 5.16. The molecule has 2 heterocycles. The van der Waals surface area contributed by atoms with Gasteiger partial charge in [0.2, 0.25) is 10.0 Å². The molecule has 2 rings (SSSR count). The normalized spacial score (nSPS) is 11.9. The van der Waals surface area contributed by atoms with Crippen molar-refractivity contribution >= 4 is 10.0 Å². The van der Waals surface area contributed by atoms with Gasteiger partial charge in [0.15, 0.2) is 5.76 Å². The van der Waals surface area contributed by atoms with Gasteiger partial charge in [0.1, 0.15) is 0 Å². The lowest BCUT2D eigenvalue weighted by Crippen LogP contribution is -2.22. The Morgan fingerprint density at radius 3 is 2.81 bits per heavy atom. The highest BCUT2D eigenvalue weighted by molar-refractivity contribution is 7.89. The first-order chi connectivity index (χ1) is 10.1. The van der Waals surface area contributed by atoms with E-state index in [0.717, 1.165) is 18.7 Å². The Morgan fingerprint density at radius 1 is 1.38 bits per heavy atom. The van der Waals surface area contributed by atoms with Crippen molar-refractivity contribution in [1.29, 1.82) is 0 Å². The molecule has 0 spiro atoms. The zero-order valence-electron chi connectivity index (χ0n) is 12.2. The minimum Gasteiger partial charge on any atom is -0.360 e. The Morgan fingerprint density at radius 2 is 2.19 bits per heavy atom. The number of hydrogen-bond acceptors (Lipinski definition) is 5. The van der Waals surface area contributed by atoms with Crippen LogP contribution in [0.25, 0.3) is 0 Å². The van der Waals surface area contributed by atoms with Crippen LogP contribution in [0.1, 0.15) is 24.8 Å². The number of nitrogens with one attached hydrogen (secondary N) is 2. The molecule has 2 aromatic rings. The summed E-state index contributed by atoms with van der Waals surface area (Å²) in [6.07, 6.45) is 4.08. The summed E-state index contributed by atoms with van der Waals surface area (Å²) in [7, 11) is -1.73. The topological polar surface area (TPSA) is 89.2 Å². The summed E-state index contributed by atoms with van der Waals surface area (Å²) >= 11 is 0. The van der Waals surface area contributed by atoms with Gasteiger partial charge in [-0.2, -0.15) is 0 Å². The number of aromatic nitrogens is 2. The van der Waals surface area contributed by atoms with E-state index in [9.17, 15) is 8.42 Å². The summed E-state index contributed by atoms with van der Waals surface area (Å²) in [5.74, 6) is 0.474. The number of nitrogens with zero attached hydrogens (tertiary/aromatic N) is 2. The summed E-state index contributed by atoms with van der Waals surface area (Å²) in [4.78, 5) is 0.265. The smallest absolute Gasteiger partial charge is 0.242 e.